The highest BCUT2D eigenvalue weighted by Gasteiger charge is 2.16. The molecule has 0 aliphatic rings. The number of hydrogen-bond donors (Lipinski definition) is 2. The van der Waals surface area contributed by atoms with E-state index in [2.05, 4.69) is 20.8 Å². The van der Waals surface area contributed by atoms with Crippen molar-refractivity contribution in [2.45, 2.75) is 4.34 Å². The van der Waals surface area contributed by atoms with Crippen molar-refractivity contribution in [3.8, 4) is 5.75 Å². The van der Waals surface area contributed by atoms with Crippen LogP contribution in [0.5, 0.6) is 5.75 Å². The van der Waals surface area contributed by atoms with Gasteiger partial charge in [-0.25, -0.2) is 8.78 Å². The summed E-state index contributed by atoms with van der Waals surface area (Å²) in [7, 11) is 1.43. The SMILES string of the molecule is COc1ccc(Cl)cc1C(=O)Nc1nnc(SCC(=O)Nc2ccc(F)cc2F)s1. The monoisotopic (exact) mass is 470 g/mol. The average Bonchev–Trinajstić information content (AvgIpc) is 3.16. The van der Waals surface area contributed by atoms with Gasteiger partial charge in [-0.2, -0.15) is 0 Å². The summed E-state index contributed by atoms with van der Waals surface area (Å²) in [6.45, 7) is 0. The third kappa shape index (κ3) is 5.65. The highest BCUT2D eigenvalue weighted by atomic mass is 35.5. The Morgan fingerprint density at radius 1 is 1.17 bits per heavy atom. The molecule has 3 aromatic rings. The molecule has 7 nitrogen and oxygen atoms in total. The Bertz CT molecular complexity index is 1100. The van der Waals surface area contributed by atoms with Crippen LogP contribution in [0.15, 0.2) is 40.7 Å². The second-order valence-corrected chi connectivity index (χ2v) is 8.27. The van der Waals surface area contributed by atoms with Gasteiger partial charge < -0.3 is 10.1 Å². The molecule has 0 atom stereocenters. The lowest BCUT2D eigenvalue weighted by Crippen LogP contribution is -2.15. The molecule has 0 aliphatic heterocycles. The van der Waals surface area contributed by atoms with E-state index in [1.807, 2.05) is 0 Å². The van der Waals surface area contributed by atoms with Crippen molar-refractivity contribution < 1.29 is 23.1 Å². The fourth-order valence-corrected chi connectivity index (χ4v) is 3.96. The number of carbonyl (C=O) groups is 2. The van der Waals surface area contributed by atoms with Crippen molar-refractivity contribution in [3.05, 3.63) is 58.6 Å². The number of rotatable bonds is 7. The first kappa shape index (κ1) is 21.9. The van der Waals surface area contributed by atoms with Crippen molar-refractivity contribution in [2.24, 2.45) is 0 Å². The molecule has 30 heavy (non-hydrogen) atoms. The fourth-order valence-electron chi connectivity index (χ4n) is 2.25. The molecule has 2 amide bonds. The minimum absolute atomic E-state index is 0.0818. The molecule has 0 fully saturated rings. The molecular weight excluding hydrogens is 458 g/mol. The largest absolute Gasteiger partial charge is 0.496 e. The van der Waals surface area contributed by atoms with Crippen LogP contribution in [0.4, 0.5) is 19.6 Å². The first-order chi connectivity index (χ1) is 14.4. The molecule has 1 aromatic heterocycles. The smallest absolute Gasteiger partial charge is 0.261 e. The molecule has 2 aromatic carbocycles. The highest BCUT2D eigenvalue weighted by molar-refractivity contribution is 8.01. The van der Waals surface area contributed by atoms with Crippen LogP contribution in [-0.4, -0.2) is 34.9 Å². The number of anilines is 2. The van der Waals surface area contributed by atoms with Crippen LogP contribution >= 0.6 is 34.7 Å². The van der Waals surface area contributed by atoms with E-state index < -0.39 is 23.4 Å². The zero-order valence-corrected chi connectivity index (χ0v) is 17.6. The Balaban J connectivity index is 1.57. The molecule has 3 rings (SSSR count). The van der Waals surface area contributed by atoms with Gasteiger partial charge in [0.05, 0.1) is 24.1 Å². The van der Waals surface area contributed by atoms with Gasteiger partial charge in [-0.15, -0.1) is 10.2 Å². The number of ether oxygens (including phenoxy) is 1. The lowest BCUT2D eigenvalue weighted by atomic mass is 10.2. The van der Waals surface area contributed by atoms with Gasteiger partial charge >= 0.3 is 0 Å². The van der Waals surface area contributed by atoms with Crippen LogP contribution in [0, 0.1) is 11.6 Å². The van der Waals surface area contributed by atoms with Gasteiger partial charge in [0.15, 0.2) is 4.34 Å². The third-order valence-corrected chi connectivity index (χ3v) is 5.77. The minimum atomic E-state index is -0.870. The number of nitrogens with zero attached hydrogens (tertiary/aromatic N) is 2. The van der Waals surface area contributed by atoms with Gasteiger partial charge in [-0.1, -0.05) is 34.7 Å². The van der Waals surface area contributed by atoms with E-state index >= 15 is 0 Å². The second-order valence-electron chi connectivity index (χ2n) is 5.63. The van der Waals surface area contributed by atoms with Crippen LogP contribution in [0.3, 0.4) is 0 Å². The second kappa shape index (κ2) is 9.83. The van der Waals surface area contributed by atoms with Crippen LogP contribution in [0.25, 0.3) is 0 Å². The van der Waals surface area contributed by atoms with Crippen LogP contribution in [0.2, 0.25) is 5.02 Å². The van der Waals surface area contributed by atoms with Gasteiger partial charge in [0.2, 0.25) is 11.0 Å². The van der Waals surface area contributed by atoms with E-state index in [4.69, 9.17) is 16.3 Å². The first-order valence-electron chi connectivity index (χ1n) is 8.22. The van der Waals surface area contributed by atoms with Gasteiger partial charge in [0.25, 0.3) is 5.91 Å². The standard InChI is InChI=1S/C18H13ClF2N4O3S2/c1-28-14-5-2-9(19)6-11(14)16(27)23-17-24-25-18(30-17)29-8-15(26)22-13-4-3-10(20)7-12(13)21/h2-7H,8H2,1H3,(H,22,26)(H,23,24,27). The summed E-state index contributed by atoms with van der Waals surface area (Å²) in [6.07, 6.45) is 0. The van der Waals surface area contributed by atoms with E-state index in [1.54, 1.807) is 12.1 Å². The van der Waals surface area contributed by atoms with E-state index in [1.165, 1.54) is 13.2 Å². The summed E-state index contributed by atoms with van der Waals surface area (Å²) in [5, 5.41) is 13.3. The Labute approximate surface area is 182 Å². The maximum Gasteiger partial charge on any atom is 0.261 e. The molecule has 0 unspecified atom stereocenters. The Morgan fingerprint density at radius 2 is 1.97 bits per heavy atom. The van der Waals surface area contributed by atoms with Crippen molar-refractivity contribution in [2.75, 3.05) is 23.5 Å². The molecule has 0 saturated carbocycles. The summed E-state index contributed by atoms with van der Waals surface area (Å²) in [6, 6.07) is 7.49. The summed E-state index contributed by atoms with van der Waals surface area (Å²) in [5.41, 5.74) is 0.109. The predicted octanol–water partition coefficient (Wildman–Crippen LogP) is 4.46. The number of halogens is 3. The number of amides is 2. The number of aromatic nitrogens is 2. The van der Waals surface area contributed by atoms with Crippen molar-refractivity contribution in [1.82, 2.24) is 10.2 Å². The van der Waals surface area contributed by atoms with Crippen LogP contribution in [-0.2, 0) is 4.79 Å². The molecule has 156 valence electrons. The molecule has 0 aliphatic carbocycles. The number of carbonyl (C=O) groups excluding carboxylic acids is 2. The van der Waals surface area contributed by atoms with E-state index in [0.717, 1.165) is 35.2 Å². The minimum Gasteiger partial charge on any atom is -0.496 e. The normalized spacial score (nSPS) is 10.5. The van der Waals surface area contributed by atoms with Gasteiger partial charge in [-0.3, -0.25) is 14.9 Å². The van der Waals surface area contributed by atoms with E-state index in [9.17, 15) is 18.4 Å². The number of nitrogens with one attached hydrogen (secondary N) is 2. The van der Waals surface area contributed by atoms with Crippen molar-refractivity contribution in [1.29, 1.82) is 0 Å². The van der Waals surface area contributed by atoms with Crippen molar-refractivity contribution >= 4 is 57.3 Å². The highest BCUT2D eigenvalue weighted by Crippen LogP contribution is 2.28. The molecule has 0 saturated heterocycles. The molecule has 0 radical (unpaired) electrons. The maximum atomic E-state index is 13.6. The number of methoxy groups -OCH3 is 1. The van der Waals surface area contributed by atoms with Gasteiger partial charge in [0, 0.05) is 11.1 Å². The first-order valence-corrected chi connectivity index (χ1v) is 10.4. The summed E-state index contributed by atoms with van der Waals surface area (Å²) < 4.78 is 32.0. The quantitative estimate of drug-likeness (QED) is 0.391. The predicted molar refractivity (Wildman–Crippen MR) is 112 cm³/mol. The third-order valence-electron chi connectivity index (χ3n) is 3.57. The zero-order chi connectivity index (χ0) is 21.7. The fraction of sp³-hybridized carbons (Fsp3) is 0.111. The van der Waals surface area contributed by atoms with Crippen LogP contribution < -0.4 is 15.4 Å². The Morgan fingerprint density at radius 3 is 2.70 bits per heavy atom. The zero-order valence-electron chi connectivity index (χ0n) is 15.2. The topological polar surface area (TPSA) is 93.2 Å². The van der Waals surface area contributed by atoms with Crippen LogP contribution in [0.1, 0.15) is 10.4 Å². The number of hydrogen-bond acceptors (Lipinski definition) is 7. The molecule has 2 N–H and O–H groups in total. The maximum absolute atomic E-state index is 13.6. The summed E-state index contributed by atoms with van der Waals surface area (Å²) in [5.74, 6) is -2.33. The molecule has 0 bridgehead atoms. The number of benzene rings is 2. The molecular formula is C18H13ClF2N4O3S2. The van der Waals surface area contributed by atoms with Gasteiger partial charge in [-0.05, 0) is 30.3 Å². The van der Waals surface area contributed by atoms with Gasteiger partial charge in [0.1, 0.15) is 17.4 Å². The molecule has 1 heterocycles. The summed E-state index contributed by atoms with van der Waals surface area (Å²) >= 11 is 8.04. The summed E-state index contributed by atoms with van der Waals surface area (Å²) in [4.78, 5) is 24.4. The number of thioether (sulfide) groups is 1. The Hall–Kier alpha value is -2.76. The molecule has 12 heteroatoms. The molecule has 0 spiro atoms. The van der Waals surface area contributed by atoms with E-state index in [-0.39, 0.29) is 22.1 Å². The average molecular weight is 471 g/mol. The lowest BCUT2D eigenvalue weighted by Gasteiger charge is -2.07. The lowest BCUT2D eigenvalue weighted by molar-refractivity contribution is -0.113. The Kier molecular flexibility index (Phi) is 7.19. The van der Waals surface area contributed by atoms with Crippen molar-refractivity contribution in [3.63, 3.8) is 0 Å². The van der Waals surface area contributed by atoms with E-state index in [0.29, 0.717) is 21.2 Å².